The van der Waals surface area contributed by atoms with Gasteiger partial charge in [0.05, 0.1) is 0 Å². The van der Waals surface area contributed by atoms with E-state index in [1.807, 2.05) is 0 Å². The van der Waals surface area contributed by atoms with Crippen LogP contribution in [0.25, 0.3) is 0 Å². The molecular formula is C19H22N2O8. The van der Waals surface area contributed by atoms with Crippen LogP contribution in [0, 0.1) is 0 Å². The predicted octanol–water partition coefficient (Wildman–Crippen LogP) is 1.25. The summed E-state index contributed by atoms with van der Waals surface area (Å²) in [5, 5.41) is 61.4. The van der Waals surface area contributed by atoms with Gasteiger partial charge in [-0.25, -0.2) is 0 Å². The molecule has 2 amide bonds. The van der Waals surface area contributed by atoms with Gasteiger partial charge in [0.15, 0.2) is 34.5 Å². The molecule has 0 aliphatic rings. The quantitative estimate of drug-likeness (QED) is 0.238. The van der Waals surface area contributed by atoms with Crippen molar-refractivity contribution < 1.29 is 40.2 Å². The SMILES string of the molecule is O=C(NCCCCCNC(=O)c1cc(O)c(O)c(O)c1)c1cc(O)c(O)c(O)c1. The Balaban J connectivity index is 1.67. The summed E-state index contributed by atoms with van der Waals surface area (Å²) in [6.07, 6.45) is 1.90. The minimum Gasteiger partial charge on any atom is -0.504 e. The summed E-state index contributed by atoms with van der Waals surface area (Å²) >= 11 is 0. The molecule has 2 aromatic carbocycles. The molecule has 2 aromatic rings. The molecule has 156 valence electrons. The molecule has 0 fully saturated rings. The Labute approximate surface area is 165 Å². The van der Waals surface area contributed by atoms with E-state index in [0.717, 1.165) is 24.3 Å². The number of phenolic OH excluding ortho intramolecular Hbond substituents is 6. The molecule has 0 heterocycles. The lowest BCUT2D eigenvalue weighted by atomic mass is 10.1. The van der Waals surface area contributed by atoms with Gasteiger partial charge in [0, 0.05) is 24.2 Å². The molecule has 0 saturated carbocycles. The highest BCUT2D eigenvalue weighted by Crippen LogP contribution is 2.36. The minimum absolute atomic E-state index is 0.00506. The molecule has 0 bridgehead atoms. The third-order valence-electron chi connectivity index (χ3n) is 4.09. The lowest BCUT2D eigenvalue weighted by Gasteiger charge is -2.09. The van der Waals surface area contributed by atoms with Gasteiger partial charge in [-0.2, -0.15) is 0 Å². The van der Waals surface area contributed by atoms with E-state index >= 15 is 0 Å². The molecular weight excluding hydrogens is 384 g/mol. The first-order valence-electron chi connectivity index (χ1n) is 8.77. The second kappa shape index (κ2) is 9.40. The van der Waals surface area contributed by atoms with Gasteiger partial charge in [-0.3, -0.25) is 9.59 Å². The lowest BCUT2D eigenvalue weighted by Crippen LogP contribution is -2.26. The van der Waals surface area contributed by atoms with Crippen LogP contribution in [-0.2, 0) is 0 Å². The average Bonchev–Trinajstić information content (AvgIpc) is 2.68. The highest BCUT2D eigenvalue weighted by atomic mass is 16.3. The van der Waals surface area contributed by atoms with Crippen molar-refractivity contribution in [2.45, 2.75) is 19.3 Å². The van der Waals surface area contributed by atoms with Crippen molar-refractivity contribution in [3.8, 4) is 34.5 Å². The highest BCUT2D eigenvalue weighted by molar-refractivity contribution is 5.96. The summed E-state index contributed by atoms with van der Waals surface area (Å²) in [5.74, 6) is -4.81. The molecule has 0 saturated heterocycles. The third kappa shape index (κ3) is 5.58. The fourth-order valence-electron chi connectivity index (χ4n) is 2.51. The Morgan fingerprint density at radius 1 is 0.586 bits per heavy atom. The van der Waals surface area contributed by atoms with E-state index in [1.165, 1.54) is 0 Å². The van der Waals surface area contributed by atoms with Crippen LogP contribution in [0.15, 0.2) is 24.3 Å². The molecule has 8 N–H and O–H groups in total. The zero-order chi connectivity index (χ0) is 21.6. The summed E-state index contributed by atoms with van der Waals surface area (Å²) in [4.78, 5) is 23.9. The number of hydrogen-bond acceptors (Lipinski definition) is 8. The van der Waals surface area contributed by atoms with Gasteiger partial charge in [0.25, 0.3) is 11.8 Å². The fraction of sp³-hybridized carbons (Fsp3) is 0.263. The van der Waals surface area contributed by atoms with E-state index in [2.05, 4.69) is 10.6 Å². The average molecular weight is 406 g/mol. The molecule has 0 aliphatic heterocycles. The van der Waals surface area contributed by atoms with Crippen molar-refractivity contribution in [2.24, 2.45) is 0 Å². The van der Waals surface area contributed by atoms with Crippen molar-refractivity contribution >= 4 is 11.8 Å². The number of hydrogen-bond donors (Lipinski definition) is 8. The number of benzene rings is 2. The number of carbonyl (C=O) groups excluding carboxylic acids is 2. The molecule has 0 radical (unpaired) electrons. The van der Waals surface area contributed by atoms with Crippen molar-refractivity contribution in [2.75, 3.05) is 13.1 Å². The first-order valence-corrected chi connectivity index (χ1v) is 8.77. The maximum Gasteiger partial charge on any atom is 0.251 e. The van der Waals surface area contributed by atoms with Crippen LogP contribution in [0.4, 0.5) is 0 Å². The zero-order valence-corrected chi connectivity index (χ0v) is 15.3. The highest BCUT2D eigenvalue weighted by Gasteiger charge is 2.14. The largest absolute Gasteiger partial charge is 0.504 e. The van der Waals surface area contributed by atoms with Gasteiger partial charge in [0.2, 0.25) is 0 Å². The zero-order valence-electron chi connectivity index (χ0n) is 15.3. The Hall–Kier alpha value is -3.82. The number of rotatable bonds is 8. The van der Waals surface area contributed by atoms with Gasteiger partial charge in [-0.15, -0.1) is 0 Å². The van der Waals surface area contributed by atoms with Crippen LogP contribution in [-0.4, -0.2) is 55.5 Å². The summed E-state index contributed by atoms with van der Waals surface area (Å²) < 4.78 is 0. The third-order valence-corrected chi connectivity index (χ3v) is 4.09. The standard InChI is InChI=1S/C19H22N2O8/c22-12-6-10(7-13(23)16(12)26)18(28)20-4-2-1-3-5-21-19(29)11-8-14(24)17(27)15(25)9-11/h6-9,22-27H,1-5H2,(H,20,28)(H,21,29). The van der Waals surface area contributed by atoms with Gasteiger partial charge in [0.1, 0.15) is 0 Å². The number of phenols is 6. The second-order valence-electron chi connectivity index (χ2n) is 6.30. The Bertz CT molecular complexity index is 794. The molecule has 0 spiro atoms. The summed E-state index contributed by atoms with van der Waals surface area (Å²) in [6.45, 7) is 0.657. The van der Waals surface area contributed by atoms with Gasteiger partial charge >= 0.3 is 0 Å². The van der Waals surface area contributed by atoms with Gasteiger partial charge in [-0.1, -0.05) is 0 Å². The lowest BCUT2D eigenvalue weighted by molar-refractivity contribution is 0.0947. The van der Waals surface area contributed by atoms with E-state index in [0.29, 0.717) is 32.4 Å². The van der Waals surface area contributed by atoms with E-state index in [9.17, 15) is 40.2 Å². The maximum atomic E-state index is 11.9. The maximum absolute atomic E-state index is 11.9. The number of unbranched alkanes of at least 4 members (excludes halogenated alkanes) is 2. The van der Waals surface area contributed by atoms with Crippen molar-refractivity contribution in [1.82, 2.24) is 10.6 Å². The topological polar surface area (TPSA) is 180 Å². The molecule has 0 aromatic heterocycles. The Morgan fingerprint density at radius 3 is 1.21 bits per heavy atom. The monoisotopic (exact) mass is 406 g/mol. The smallest absolute Gasteiger partial charge is 0.251 e. The molecule has 2 rings (SSSR count). The van der Waals surface area contributed by atoms with Gasteiger partial charge < -0.3 is 41.3 Å². The molecule has 10 nitrogen and oxygen atoms in total. The number of aromatic hydroxyl groups is 6. The second-order valence-corrected chi connectivity index (χ2v) is 6.30. The van der Waals surface area contributed by atoms with E-state index in [-0.39, 0.29) is 11.1 Å². The summed E-state index contributed by atoms with van der Waals surface area (Å²) in [7, 11) is 0. The molecule has 10 heteroatoms. The normalized spacial score (nSPS) is 10.5. The van der Waals surface area contributed by atoms with Crippen molar-refractivity contribution in [3.63, 3.8) is 0 Å². The Kier molecular flexibility index (Phi) is 6.96. The summed E-state index contributed by atoms with van der Waals surface area (Å²) in [5.41, 5.74) is 0.0101. The van der Waals surface area contributed by atoms with E-state index in [4.69, 9.17) is 0 Å². The minimum atomic E-state index is -0.693. The van der Waals surface area contributed by atoms with Crippen LogP contribution < -0.4 is 10.6 Å². The number of amides is 2. The van der Waals surface area contributed by atoms with Crippen LogP contribution in [0.3, 0.4) is 0 Å². The molecule has 0 unspecified atom stereocenters. The van der Waals surface area contributed by atoms with Crippen LogP contribution >= 0.6 is 0 Å². The van der Waals surface area contributed by atoms with E-state index < -0.39 is 46.3 Å². The molecule has 0 atom stereocenters. The first-order chi connectivity index (χ1) is 13.7. The Morgan fingerprint density at radius 2 is 0.897 bits per heavy atom. The van der Waals surface area contributed by atoms with Crippen LogP contribution in [0.1, 0.15) is 40.0 Å². The summed E-state index contributed by atoms with van der Waals surface area (Å²) in [6, 6.07) is 4.16. The number of carbonyl (C=O) groups is 2. The number of nitrogens with one attached hydrogen (secondary N) is 2. The van der Waals surface area contributed by atoms with Crippen LogP contribution in [0.5, 0.6) is 34.5 Å². The first kappa shape index (κ1) is 21.5. The predicted molar refractivity (Wildman–Crippen MR) is 101 cm³/mol. The van der Waals surface area contributed by atoms with Crippen LogP contribution in [0.2, 0.25) is 0 Å². The molecule has 0 aliphatic carbocycles. The molecule has 29 heavy (non-hydrogen) atoms. The van der Waals surface area contributed by atoms with Gasteiger partial charge in [-0.05, 0) is 43.5 Å². The fourth-order valence-corrected chi connectivity index (χ4v) is 2.51. The van der Waals surface area contributed by atoms with Crippen molar-refractivity contribution in [3.05, 3.63) is 35.4 Å². The van der Waals surface area contributed by atoms with Crippen molar-refractivity contribution in [1.29, 1.82) is 0 Å². The van der Waals surface area contributed by atoms with E-state index in [1.54, 1.807) is 0 Å².